The summed E-state index contributed by atoms with van der Waals surface area (Å²) in [5.74, 6) is -0.183. The van der Waals surface area contributed by atoms with Crippen LogP contribution in [0.3, 0.4) is 0 Å². The number of esters is 2. The zero-order chi connectivity index (χ0) is 33.1. The Kier molecular flexibility index (Phi) is 15.1. The summed E-state index contributed by atoms with van der Waals surface area (Å²) < 4.78 is 10.7. The van der Waals surface area contributed by atoms with Crippen molar-refractivity contribution in [1.29, 1.82) is 0 Å². The molecule has 0 saturated heterocycles. The molecular formula is C37H42N4O4S2. The molecule has 0 atom stereocenters. The molecule has 10 heteroatoms. The Morgan fingerprint density at radius 2 is 1.11 bits per heavy atom. The van der Waals surface area contributed by atoms with Crippen molar-refractivity contribution in [2.75, 3.05) is 61.7 Å². The first-order valence-corrected chi connectivity index (χ1v) is 18.0. The van der Waals surface area contributed by atoms with Gasteiger partial charge in [0.25, 0.3) is 0 Å². The number of carbonyl (C=O) groups excluding carboxylic acids is 2. The molecule has 0 amide bonds. The van der Waals surface area contributed by atoms with Crippen LogP contribution in [0.5, 0.6) is 0 Å². The first-order valence-electron chi connectivity index (χ1n) is 15.5. The summed E-state index contributed by atoms with van der Waals surface area (Å²) in [6.45, 7) is 2.25. The molecule has 0 aliphatic heterocycles. The van der Waals surface area contributed by atoms with Gasteiger partial charge in [-0.1, -0.05) is 70.2 Å². The van der Waals surface area contributed by atoms with E-state index in [0.29, 0.717) is 13.2 Å². The van der Waals surface area contributed by atoms with Gasteiger partial charge in [0.1, 0.15) is 11.5 Å². The van der Waals surface area contributed by atoms with Crippen molar-refractivity contribution in [3.8, 4) is 0 Å². The van der Waals surface area contributed by atoms with Gasteiger partial charge in [-0.15, -0.1) is 0 Å². The van der Waals surface area contributed by atoms with Crippen LogP contribution in [0.25, 0.3) is 24.3 Å². The van der Waals surface area contributed by atoms with Gasteiger partial charge in [0.2, 0.25) is 0 Å². The van der Waals surface area contributed by atoms with Crippen molar-refractivity contribution in [2.45, 2.75) is 12.8 Å². The number of hydrogen-bond donors (Lipinski definition) is 1. The molecule has 1 N–H and O–H groups in total. The average molecular weight is 671 g/mol. The number of pyridine rings is 1. The highest BCUT2D eigenvalue weighted by Gasteiger charge is 2.09. The maximum atomic E-state index is 12.1. The molecule has 0 bridgehead atoms. The Hall–Kier alpha value is -4.41. The van der Waals surface area contributed by atoms with Crippen LogP contribution in [0.4, 0.5) is 11.4 Å². The van der Waals surface area contributed by atoms with Crippen LogP contribution in [0, 0.1) is 0 Å². The SMILES string of the molecule is CN(CCCOC(=O)CSSCC(=O)OCCCN(C)c1ccc(/C=C/c2cc[nH]c2)cc1)c1ccc(/C=C/c2ccncc2)cc1. The van der Waals surface area contributed by atoms with Crippen LogP contribution in [0.15, 0.2) is 91.5 Å². The lowest BCUT2D eigenvalue weighted by molar-refractivity contribution is -0.141. The molecule has 0 saturated carbocycles. The predicted molar refractivity (Wildman–Crippen MR) is 198 cm³/mol. The number of benzene rings is 2. The molecule has 4 aromatic rings. The Bertz CT molecular complexity index is 1540. The molecule has 0 aliphatic carbocycles. The number of H-pyrrole nitrogens is 1. The smallest absolute Gasteiger partial charge is 0.316 e. The number of aromatic amines is 1. The summed E-state index contributed by atoms with van der Waals surface area (Å²) in [6.07, 6.45) is 17.2. The molecule has 0 aliphatic rings. The minimum atomic E-state index is -0.281. The van der Waals surface area contributed by atoms with E-state index < -0.39 is 0 Å². The predicted octanol–water partition coefficient (Wildman–Crippen LogP) is 7.57. The second-order valence-electron chi connectivity index (χ2n) is 10.8. The zero-order valence-electron chi connectivity index (χ0n) is 26.9. The Labute approximate surface area is 285 Å². The molecule has 2 aromatic heterocycles. The number of nitrogens with zero attached hydrogens (tertiary/aromatic N) is 3. The molecule has 0 fully saturated rings. The maximum absolute atomic E-state index is 12.1. The van der Waals surface area contributed by atoms with E-state index in [9.17, 15) is 9.59 Å². The van der Waals surface area contributed by atoms with Crippen LogP contribution in [0.2, 0.25) is 0 Å². The third-order valence-electron chi connectivity index (χ3n) is 7.17. The summed E-state index contributed by atoms with van der Waals surface area (Å²) in [5, 5.41) is 0. The monoisotopic (exact) mass is 670 g/mol. The van der Waals surface area contributed by atoms with E-state index >= 15 is 0 Å². The van der Waals surface area contributed by atoms with E-state index in [1.54, 1.807) is 12.4 Å². The normalized spacial score (nSPS) is 11.2. The van der Waals surface area contributed by atoms with E-state index in [-0.39, 0.29) is 23.4 Å². The molecule has 2 aromatic carbocycles. The molecule has 0 spiro atoms. The van der Waals surface area contributed by atoms with Crippen molar-refractivity contribution < 1.29 is 19.1 Å². The third kappa shape index (κ3) is 13.5. The first-order chi connectivity index (χ1) is 23.0. The third-order valence-corrected chi connectivity index (χ3v) is 9.25. The maximum Gasteiger partial charge on any atom is 0.316 e. The molecule has 0 radical (unpaired) electrons. The van der Waals surface area contributed by atoms with E-state index in [1.807, 2.05) is 44.7 Å². The van der Waals surface area contributed by atoms with E-state index in [0.717, 1.165) is 59.6 Å². The highest BCUT2D eigenvalue weighted by Crippen LogP contribution is 2.22. The number of ether oxygens (including phenoxy) is 2. The summed E-state index contributed by atoms with van der Waals surface area (Å²) in [4.78, 5) is 35.5. The molecule has 8 nitrogen and oxygen atoms in total. The van der Waals surface area contributed by atoms with Crippen molar-refractivity contribution in [1.82, 2.24) is 9.97 Å². The molecule has 2 heterocycles. The van der Waals surface area contributed by atoms with Crippen molar-refractivity contribution in [3.63, 3.8) is 0 Å². The van der Waals surface area contributed by atoms with Gasteiger partial charge in [-0.2, -0.15) is 0 Å². The Morgan fingerprint density at radius 1 is 0.660 bits per heavy atom. The van der Waals surface area contributed by atoms with E-state index in [2.05, 4.69) is 92.6 Å². The quantitative estimate of drug-likeness (QED) is 0.0617. The van der Waals surface area contributed by atoms with Gasteiger partial charge in [0, 0.05) is 63.3 Å². The van der Waals surface area contributed by atoms with Crippen LogP contribution < -0.4 is 9.80 Å². The first kappa shape index (κ1) is 35.4. The summed E-state index contributed by atoms with van der Waals surface area (Å²) in [5.41, 5.74) is 6.71. The number of hydrogen-bond acceptors (Lipinski definition) is 9. The van der Waals surface area contributed by atoms with Crippen molar-refractivity contribution >= 4 is 69.2 Å². The Morgan fingerprint density at radius 3 is 1.55 bits per heavy atom. The van der Waals surface area contributed by atoms with Gasteiger partial charge in [-0.3, -0.25) is 14.6 Å². The summed E-state index contributed by atoms with van der Waals surface area (Å²) >= 11 is 0. The van der Waals surface area contributed by atoms with Gasteiger partial charge in [-0.25, -0.2) is 0 Å². The number of aromatic nitrogens is 2. The minimum Gasteiger partial charge on any atom is -0.465 e. The summed E-state index contributed by atoms with van der Waals surface area (Å²) in [7, 11) is 6.67. The lowest BCUT2D eigenvalue weighted by atomic mass is 10.1. The van der Waals surface area contributed by atoms with Crippen LogP contribution in [-0.2, 0) is 19.1 Å². The van der Waals surface area contributed by atoms with Gasteiger partial charge in [0.05, 0.1) is 13.2 Å². The number of carbonyl (C=O) groups is 2. The molecule has 4 rings (SSSR count). The molecule has 0 unspecified atom stereocenters. The topological polar surface area (TPSA) is 87.8 Å². The number of anilines is 2. The molecule has 47 heavy (non-hydrogen) atoms. The van der Waals surface area contributed by atoms with E-state index in [1.165, 1.54) is 21.6 Å². The molecular weight excluding hydrogens is 629 g/mol. The van der Waals surface area contributed by atoms with E-state index in [4.69, 9.17) is 9.47 Å². The second-order valence-corrected chi connectivity index (χ2v) is 13.3. The minimum absolute atomic E-state index is 0.188. The lowest BCUT2D eigenvalue weighted by Crippen LogP contribution is -2.21. The van der Waals surface area contributed by atoms with Crippen LogP contribution >= 0.6 is 21.6 Å². The fourth-order valence-corrected chi connectivity index (χ4v) is 6.08. The highest BCUT2D eigenvalue weighted by molar-refractivity contribution is 8.77. The van der Waals surface area contributed by atoms with Gasteiger partial charge in [-0.05, 0) is 77.6 Å². The standard InChI is InChI=1S/C37H42N4O4S2/c1-40(34-13-9-30(10-14-34)5-6-32-17-20-38-21-18-32)23-3-25-44-36(42)28-46-47-29-37(43)45-26-4-24-41(2)35-15-11-31(12-16-35)7-8-33-19-22-39-27-33/h5-22,27,39H,3-4,23-26,28-29H2,1-2H3/b6-5+,8-7+. The number of nitrogens with one attached hydrogen (secondary N) is 1. The van der Waals surface area contributed by atoms with Gasteiger partial charge in [0.15, 0.2) is 0 Å². The second kappa shape index (κ2) is 20.0. The number of rotatable bonds is 19. The van der Waals surface area contributed by atoms with Gasteiger partial charge < -0.3 is 24.3 Å². The fraction of sp³-hybridized carbons (Fsp3) is 0.270. The molecule has 246 valence electrons. The van der Waals surface area contributed by atoms with Crippen molar-refractivity contribution in [2.24, 2.45) is 0 Å². The zero-order valence-corrected chi connectivity index (χ0v) is 28.6. The van der Waals surface area contributed by atoms with Crippen molar-refractivity contribution in [3.05, 3.63) is 114 Å². The van der Waals surface area contributed by atoms with Crippen LogP contribution in [-0.4, -0.2) is 73.8 Å². The highest BCUT2D eigenvalue weighted by atomic mass is 33.1. The Balaban J connectivity index is 0.991. The average Bonchev–Trinajstić information content (AvgIpc) is 3.63. The van der Waals surface area contributed by atoms with Crippen LogP contribution in [0.1, 0.15) is 35.1 Å². The fourth-order valence-electron chi connectivity index (χ4n) is 4.48. The summed E-state index contributed by atoms with van der Waals surface area (Å²) in [6, 6.07) is 22.6. The lowest BCUT2D eigenvalue weighted by Gasteiger charge is -2.19. The van der Waals surface area contributed by atoms with Gasteiger partial charge >= 0.3 is 11.9 Å². The largest absolute Gasteiger partial charge is 0.465 e.